The quantitative estimate of drug-likeness (QED) is 0.337. The summed E-state index contributed by atoms with van der Waals surface area (Å²) < 4.78 is 13.6. The first kappa shape index (κ1) is 15.5. The molecule has 27 heavy (non-hydrogen) atoms. The molecule has 0 radical (unpaired) electrons. The smallest absolute Gasteiger partial charge is 0.123 e. The van der Waals surface area contributed by atoms with E-state index in [1.165, 1.54) is 6.07 Å². The standard InChI is InChI=1S/C24H13FN2/c25-19-6-8-21-16(13-19)5-7-23-22(21)9-10-27-24(23)17-11-15-3-1-2-4-20(15)18(12-17)14-26/h1-13H. The normalized spacial score (nSPS) is 11.1. The molecule has 0 saturated carbocycles. The van der Waals surface area contributed by atoms with Crippen molar-refractivity contribution in [3.63, 3.8) is 0 Å². The highest BCUT2D eigenvalue weighted by Gasteiger charge is 2.11. The fourth-order valence-electron chi connectivity index (χ4n) is 3.74. The third-order valence-electron chi connectivity index (χ3n) is 4.98. The molecular formula is C24H13FN2. The summed E-state index contributed by atoms with van der Waals surface area (Å²) in [6.45, 7) is 0. The van der Waals surface area contributed by atoms with Crippen LogP contribution in [0.15, 0.2) is 79.0 Å². The third-order valence-corrected chi connectivity index (χ3v) is 4.98. The highest BCUT2D eigenvalue weighted by molar-refractivity contribution is 6.11. The molecule has 0 amide bonds. The van der Waals surface area contributed by atoms with E-state index in [-0.39, 0.29) is 5.82 Å². The molecule has 5 rings (SSSR count). The summed E-state index contributed by atoms with van der Waals surface area (Å²) in [5.41, 5.74) is 2.35. The fraction of sp³-hybridized carbons (Fsp3) is 0. The van der Waals surface area contributed by atoms with Gasteiger partial charge in [0.05, 0.1) is 17.3 Å². The Morgan fingerprint density at radius 3 is 2.44 bits per heavy atom. The number of nitrogens with zero attached hydrogens (tertiary/aromatic N) is 2. The Kier molecular flexibility index (Phi) is 3.38. The molecule has 0 aliphatic carbocycles. The minimum Gasteiger partial charge on any atom is -0.256 e. The molecule has 0 spiro atoms. The van der Waals surface area contributed by atoms with Crippen molar-refractivity contribution in [1.29, 1.82) is 5.26 Å². The molecule has 0 atom stereocenters. The van der Waals surface area contributed by atoms with Crippen molar-refractivity contribution in [2.75, 3.05) is 0 Å². The number of pyridine rings is 1. The maximum atomic E-state index is 13.6. The van der Waals surface area contributed by atoms with Crippen molar-refractivity contribution < 1.29 is 4.39 Å². The Morgan fingerprint density at radius 1 is 0.741 bits per heavy atom. The highest BCUT2D eigenvalue weighted by Crippen LogP contribution is 2.34. The van der Waals surface area contributed by atoms with Crippen LogP contribution in [0.3, 0.4) is 0 Å². The molecule has 0 fully saturated rings. The lowest BCUT2D eigenvalue weighted by Crippen LogP contribution is -1.90. The van der Waals surface area contributed by atoms with Crippen molar-refractivity contribution in [2.45, 2.75) is 0 Å². The summed E-state index contributed by atoms with van der Waals surface area (Å²) in [6, 6.07) is 24.8. The van der Waals surface area contributed by atoms with Gasteiger partial charge >= 0.3 is 0 Å². The Morgan fingerprint density at radius 2 is 1.56 bits per heavy atom. The van der Waals surface area contributed by atoms with Gasteiger partial charge < -0.3 is 0 Å². The first-order valence-corrected chi connectivity index (χ1v) is 8.65. The van der Waals surface area contributed by atoms with Gasteiger partial charge in [0.25, 0.3) is 0 Å². The first-order chi connectivity index (χ1) is 13.2. The number of benzene rings is 4. The molecule has 2 nitrogen and oxygen atoms in total. The van der Waals surface area contributed by atoms with Crippen LogP contribution in [0.1, 0.15) is 5.56 Å². The van der Waals surface area contributed by atoms with E-state index in [9.17, 15) is 9.65 Å². The molecule has 0 bridgehead atoms. The van der Waals surface area contributed by atoms with Crippen LogP contribution >= 0.6 is 0 Å². The minimum atomic E-state index is -0.246. The molecule has 0 aliphatic heterocycles. The van der Waals surface area contributed by atoms with Crippen LogP contribution in [0, 0.1) is 17.1 Å². The van der Waals surface area contributed by atoms with Gasteiger partial charge in [-0.05, 0) is 57.3 Å². The zero-order valence-electron chi connectivity index (χ0n) is 14.3. The first-order valence-electron chi connectivity index (χ1n) is 8.65. The summed E-state index contributed by atoms with van der Waals surface area (Å²) in [4.78, 5) is 4.60. The highest BCUT2D eigenvalue weighted by atomic mass is 19.1. The zero-order valence-corrected chi connectivity index (χ0v) is 14.3. The van der Waals surface area contributed by atoms with Gasteiger partial charge in [0.2, 0.25) is 0 Å². The Balaban J connectivity index is 1.85. The predicted molar refractivity (Wildman–Crippen MR) is 107 cm³/mol. The second-order valence-electron chi connectivity index (χ2n) is 6.54. The minimum absolute atomic E-state index is 0.246. The summed E-state index contributed by atoms with van der Waals surface area (Å²) in [5.74, 6) is -0.246. The van der Waals surface area contributed by atoms with Crippen LogP contribution in [0.25, 0.3) is 43.6 Å². The van der Waals surface area contributed by atoms with Gasteiger partial charge in [-0.15, -0.1) is 0 Å². The maximum Gasteiger partial charge on any atom is 0.123 e. The topological polar surface area (TPSA) is 36.7 Å². The monoisotopic (exact) mass is 348 g/mol. The summed E-state index contributed by atoms with van der Waals surface area (Å²) in [7, 11) is 0. The summed E-state index contributed by atoms with van der Waals surface area (Å²) in [6.07, 6.45) is 1.77. The van der Waals surface area contributed by atoms with Crippen LogP contribution in [-0.4, -0.2) is 4.98 Å². The average molecular weight is 348 g/mol. The average Bonchev–Trinajstić information content (AvgIpc) is 2.72. The van der Waals surface area contributed by atoms with Gasteiger partial charge in [-0.3, -0.25) is 4.98 Å². The fourth-order valence-corrected chi connectivity index (χ4v) is 3.74. The molecule has 5 aromatic rings. The lowest BCUT2D eigenvalue weighted by molar-refractivity contribution is 0.630. The molecule has 0 N–H and O–H groups in total. The van der Waals surface area contributed by atoms with E-state index in [1.54, 1.807) is 18.3 Å². The predicted octanol–water partition coefficient (Wildman–Crippen LogP) is 6.22. The molecule has 0 aliphatic rings. The number of halogens is 1. The number of hydrogen-bond donors (Lipinski definition) is 0. The molecule has 1 heterocycles. The van der Waals surface area contributed by atoms with E-state index in [1.807, 2.05) is 48.5 Å². The van der Waals surface area contributed by atoms with Crippen LogP contribution in [0.5, 0.6) is 0 Å². The van der Waals surface area contributed by atoms with Crippen LogP contribution in [0.2, 0.25) is 0 Å². The Hall–Kier alpha value is -3.77. The largest absolute Gasteiger partial charge is 0.256 e. The van der Waals surface area contributed by atoms with E-state index < -0.39 is 0 Å². The summed E-state index contributed by atoms with van der Waals surface area (Å²) in [5, 5.41) is 15.4. The summed E-state index contributed by atoms with van der Waals surface area (Å²) >= 11 is 0. The second kappa shape index (κ2) is 5.89. The number of nitriles is 1. The molecular weight excluding hydrogens is 335 g/mol. The number of aromatic nitrogens is 1. The van der Waals surface area contributed by atoms with Crippen molar-refractivity contribution in [2.24, 2.45) is 0 Å². The van der Waals surface area contributed by atoms with Crippen LogP contribution in [-0.2, 0) is 0 Å². The Bertz CT molecular complexity index is 1400. The molecule has 3 heteroatoms. The van der Waals surface area contributed by atoms with E-state index in [4.69, 9.17) is 0 Å². The Labute approximate surface area is 155 Å². The van der Waals surface area contributed by atoms with Gasteiger partial charge in [0.1, 0.15) is 5.82 Å². The number of hydrogen-bond acceptors (Lipinski definition) is 2. The van der Waals surface area contributed by atoms with Crippen LogP contribution in [0.4, 0.5) is 4.39 Å². The van der Waals surface area contributed by atoms with Crippen molar-refractivity contribution in [1.82, 2.24) is 4.98 Å². The molecule has 0 unspecified atom stereocenters. The third kappa shape index (κ3) is 2.43. The van der Waals surface area contributed by atoms with Gasteiger partial charge in [0.15, 0.2) is 0 Å². The number of fused-ring (bicyclic) bond motifs is 4. The maximum absolute atomic E-state index is 13.6. The molecule has 1 aromatic heterocycles. The number of rotatable bonds is 1. The molecule has 126 valence electrons. The van der Waals surface area contributed by atoms with E-state index in [0.717, 1.165) is 43.6 Å². The van der Waals surface area contributed by atoms with Crippen LogP contribution < -0.4 is 0 Å². The molecule has 0 saturated heterocycles. The lowest BCUT2D eigenvalue weighted by Gasteiger charge is -2.10. The van der Waals surface area contributed by atoms with Crippen molar-refractivity contribution in [3.8, 4) is 17.3 Å². The lowest BCUT2D eigenvalue weighted by atomic mass is 9.95. The van der Waals surface area contributed by atoms with E-state index >= 15 is 0 Å². The van der Waals surface area contributed by atoms with E-state index in [2.05, 4.69) is 17.1 Å². The zero-order chi connectivity index (χ0) is 18.4. The van der Waals surface area contributed by atoms with Gasteiger partial charge in [0, 0.05) is 17.1 Å². The van der Waals surface area contributed by atoms with Crippen molar-refractivity contribution in [3.05, 3.63) is 90.4 Å². The second-order valence-corrected chi connectivity index (χ2v) is 6.54. The van der Waals surface area contributed by atoms with E-state index in [0.29, 0.717) is 5.56 Å². The van der Waals surface area contributed by atoms with Gasteiger partial charge in [-0.25, -0.2) is 4.39 Å². The van der Waals surface area contributed by atoms with Gasteiger partial charge in [-0.1, -0.05) is 42.5 Å². The van der Waals surface area contributed by atoms with Crippen molar-refractivity contribution >= 4 is 32.3 Å². The van der Waals surface area contributed by atoms with Gasteiger partial charge in [-0.2, -0.15) is 5.26 Å². The SMILES string of the molecule is N#Cc1cc(-c2nccc3c2ccc2cc(F)ccc23)cc2ccccc12. The molecule has 4 aromatic carbocycles.